The van der Waals surface area contributed by atoms with E-state index in [0.717, 1.165) is 24.8 Å². The topological polar surface area (TPSA) is 30.0 Å². The summed E-state index contributed by atoms with van der Waals surface area (Å²) in [5, 5.41) is -0.255. The van der Waals surface area contributed by atoms with Gasteiger partial charge in [0.2, 0.25) is 5.24 Å². The second kappa shape index (κ2) is 10.1. The van der Waals surface area contributed by atoms with Crippen LogP contribution in [0.5, 0.6) is 0 Å². The Morgan fingerprint density at radius 2 is 1.77 bits per heavy atom. The van der Waals surface area contributed by atoms with Crippen LogP contribution < -0.4 is 0 Å². The van der Waals surface area contributed by atoms with E-state index < -0.39 is 0 Å². The van der Waals surface area contributed by atoms with Crippen LogP contribution in [0.25, 0.3) is 5.57 Å². The summed E-state index contributed by atoms with van der Waals surface area (Å²) in [6.45, 7) is 0. The van der Waals surface area contributed by atoms with E-state index in [4.69, 9.17) is 11.6 Å². The van der Waals surface area contributed by atoms with Crippen LogP contribution in [0.15, 0.2) is 60.9 Å². The average molecular weight is 336 g/mol. The summed E-state index contributed by atoms with van der Waals surface area (Å²) >= 11 is 5.35. The van der Waals surface area contributed by atoms with E-state index in [1.54, 1.807) is 6.20 Å². The zero-order chi connectivity index (χ0) is 14.9. The van der Waals surface area contributed by atoms with Crippen LogP contribution in [0.2, 0.25) is 0 Å². The second-order valence-electron chi connectivity index (χ2n) is 4.83. The largest absolute Gasteiger partial charge is 0.281 e. The van der Waals surface area contributed by atoms with Crippen molar-refractivity contribution in [1.82, 2.24) is 4.98 Å². The number of carbonyl (C=O) groups excluding carboxylic acids is 1. The van der Waals surface area contributed by atoms with Gasteiger partial charge in [-0.25, -0.2) is 0 Å². The van der Waals surface area contributed by atoms with Crippen molar-refractivity contribution in [2.45, 2.75) is 25.7 Å². The number of hydrogen-bond donors (Lipinski definition) is 0. The average Bonchev–Trinajstić information content (AvgIpc) is 2.52. The molecule has 1 aromatic heterocycles. The lowest BCUT2D eigenvalue weighted by molar-refractivity contribution is -0.111. The molecular weight excluding hydrogens is 317 g/mol. The third kappa shape index (κ3) is 6.00. The summed E-state index contributed by atoms with van der Waals surface area (Å²) in [5.74, 6) is 0. The van der Waals surface area contributed by atoms with Crippen molar-refractivity contribution in [1.29, 1.82) is 0 Å². The van der Waals surface area contributed by atoms with Gasteiger partial charge in [0.15, 0.2) is 0 Å². The molecule has 22 heavy (non-hydrogen) atoms. The van der Waals surface area contributed by atoms with Crippen LogP contribution in [-0.4, -0.2) is 10.2 Å². The minimum Gasteiger partial charge on any atom is -0.281 e. The van der Waals surface area contributed by atoms with E-state index in [1.165, 1.54) is 11.1 Å². The van der Waals surface area contributed by atoms with Crippen molar-refractivity contribution >= 4 is 34.8 Å². The predicted octanol–water partition coefficient (Wildman–Crippen LogP) is 5.26. The number of pyridine rings is 1. The van der Waals surface area contributed by atoms with Gasteiger partial charge in [0.1, 0.15) is 0 Å². The van der Waals surface area contributed by atoms with Gasteiger partial charge >= 0.3 is 0 Å². The van der Waals surface area contributed by atoms with Gasteiger partial charge in [-0.2, -0.15) is 0 Å². The van der Waals surface area contributed by atoms with Crippen molar-refractivity contribution in [3.8, 4) is 0 Å². The number of nitrogens with zero attached hydrogens (tertiary/aromatic N) is 1. The minimum atomic E-state index is -0.255. The molecule has 0 N–H and O–H groups in total. The number of rotatable bonds is 7. The van der Waals surface area contributed by atoms with Crippen LogP contribution in [-0.2, 0) is 4.79 Å². The number of hydrogen-bond acceptors (Lipinski definition) is 2. The summed E-state index contributed by atoms with van der Waals surface area (Å²) in [7, 11) is 0. The van der Waals surface area contributed by atoms with Crippen molar-refractivity contribution in [2.24, 2.45) is 0 Å². The minimum absolute atomic E-state index is 0. The van der Waals surface area contributed by atoms with Crippen LogP contribution in [0.3, 0.4) is 0 Å². The predicted molar refractivity (Wildman–Crippen MR) is 94.3 cm³/mol. The summed E-state index contributed by atoms with van der Waals surface area (Å²) in [4.78, 5) is 14.9. The van der Waals surface area contributed by atoms with Crippen molar-refractivity contribution < 1.29 is 4.79 Å². The van der Waals surface area contributed by atoms with Crippen LogP contribution >= 0.6 is 24.0 Å². The first-order valence-corrected chi connectivity index (χ1v) is 7.49. The molecule has 0 spiro atoms. The van der Waals surface area contributed by atoms with Crippen LogP contribution in [0, 0.1) is 0 Å². The Labute approximate surface area is 142 Å². The van der Waals surface area contributed by atoms with Gasteiger partial charge in [0.25, 0.3) is 0 Å². The summed E-state index contributed by atoms with van der Waals surface area (Å²) in [6.07, 6.45) is 9.01. The van der Waals surface area contributed by atoms with Crippen molar-refractivity contribution in [2.75, 3.05) is 0 Å². The Hall–Kier alpha value is -1.64. The fourth-order valence-corrected chi connectivity index (χ4v) is 2.33. The zero-order valence-electron chi connectivity index (χ0n) is 12.2. The van der Waals surface area contributed by atoms with Crippen LogP contribution in [0.4, 0.5) is 0 Å². The number of halogens is 2. The van der Waals surface area contributed by atoms with Crippen LogP contribution in [0.1, 0.15) is 36.8 Å². The van der Waals surface area contributed by atoms with Crippen molar-refractivity contribution in [3.05, 3.63) is 72.1 Å². The highest BCUT2D eigenvalue weighted by molar-refractivity contribution is 6.63. The molecule has 0 radical (unpaired) electrons. The Morgan fingerprint density at radius 1 is 1.05 bits per heavy atom. The van der Waals surface area contributed by atoms with E-state index in [1.807, 2.05) is 30.5 Å². The standard InChI is InChI=1S/C18H18ClNO.ClH/c19-18(21)12-6-2-5-11-17(15-8-3-1-4-9-15)16-10-7-13-20-14-16;/h1,3-4,7-11,13-14H,2,5-6,12H2;1H/b17-11+;. The molecule has 116 valence electrons. The molecule has 1 aromatic carbocycles. The second-order valence-corrected chi connectivity index (χ2v) is 5.25. The molecule has 0 saturated heterocycles. The number of aromatic nitrogens is 1. The summed E-state index contributed by atoms with van der Waals surface area (Å²) < 4.78 is 0. The smallest absolute Gasteiger partial charge is 0.221 e. The van der Waals surface area contributed by atoms with Gasteiger partial charge in [0.05, 0.1) is 0 Å². The van der Waals surface area contributed by atoms with E-state index in [-0.39, 0.29) is 17.6 Å². The van der Waals surface area contributed by atoms with Gasteiger partial charge < -0.3 is 0 Å². The lowest BCUT2D eigenvalue weighted by Gasteiger charge is -2.08. The number of allylic oxidation sites excluding steroid dienone is 1. The van der Waals surface area contributed by atoms with Gasteiger partial charge in [-0.15, -0.1) is 12.4 Å². The highest BCUT2D eigenvalue weighted by Crippen LogP contribution is 2.23. The molecule has 2 aromatic rings. The third-order valence-corrected chi connectivity index (χ3v) is 3.42. The molecule has 0 aliphatic heterocycles. The fourth-order valence-electron chi connectivity index (χ4n) is 2.20. The van der Waals surface area contributed by atoms with Gasteiger partial charge in [-0.3, -0.25) is 9.78 Å². The Bertz CT molecular complexity index is 555. The van der Waals surface area contributed by atoms with E-state index in [0.29, 0.717) is 6.42 Å². The maximum atomic E-state index is 10.7. The first-order chi connectivity index (χ1) is 10.3. The van der Waals surface area contributed by atoms with Gasteiger partial charge in [0, 0.05) is 24.4 Å². The molecule has 4 heteroatoms. The molecule has 0 atom stereocenters. The van der Waals surface area contributed by atoms with E-state index in [2.05, 4.69) is 29.3 Å². The summed E-state index contributed by atoms with van der Waals surface area (Å²) in [5.41, 5.74) is 3.47. The quantitative estimate of drug-likeness (QED) is 0.510. The lowest BCUT2D eigenvalue weighted by atomic mass is 9.97. The lowest BCUT2D eigenvalue weighted by Crippen LogP contribution is -1.90. The highest BCUT2D eigenvalue weighted by atomic mass is 35.5. The van der Waals surface area contributed by atoms with Crippen molar-refractivity contribution in [3.63, 3.8) is 0 Å². The molecule has 2 rings (SSSR count). The Morgan fingerprint density at radius 3 is 2.41 bits per heavy atom. The maximum Gasteiger partial charge on any atom is 0.221 e. The number of benzene rings is 1. The number of carbonyl (C=O) groups is 1. The zero-order valence-corrected chi connectivity index (χ0v) is 13.8. The third-order valence-electron chi connectivity index (χ3n) is 3.23. The van der Waals surface area contributed by atoms with Gasteiger partial charge in [-0.05, 0) is 48.1 Å². The van der Waals surface area contributed by atoms with Gasteiger partial charge in [-0.1, -0.05) is 42.5 Å². The maximum absolute atomic E-state index is 10.7. The Balaban J connectivity index is 0.00000242. The van der Waals surface area contributed by atoms with E-state index >= 15 is 0 Å². The molecule has 0 aliphatic carbocycles. The summed E-state index contributed by atoms with van der Waals surface area (Å²) in [6, 6.07) is 14.3. The normalized spacial score (nSPS) is 10.9. The molecule has 0 bridgehead atoms. The highest BCUT2D eigenvalue weighted by Gasteiger charge is 2.04. The molecular formula is C18H19Cl2NO. The molecule has 0 aliphatic rings. The molecule has 2 nitrogen and oxygen atoms in total. The molecule has 0 saturated carbocycles. The van der Waals surface area contributed by atoms with E-state index in [9.17, 15) is 4.79 Å². The first kappa shape index (κ1) is 18.4. The molecule has 0 unspecified atom stereocenters. The SMILES string of the molecule is Cl.O=C(Cl)CCCC/C=C(\c1ccccc1)c1cccnc1. The molecule has 0 amide bonds. The first-order valence-electron chi connectivity index (χ1n) is 7.11. The molecule has 0 fully saturated rings. The Kier molecular flexibility index (Phi) is 8.49. The molecule has 1 heterocycles. The fraction of sp³-hybridized carbons (Fsp3) is 0.222. The monoisotopic (exact) mass is 335 g/mol. The number of unbranched alkanes of at least 4 members (excludes halogenated alkanes) is 2.